The van der Waals surface area contributed by atoms with Crippen molar-refractivity contribution in [3.8, 4) is 0 Å². The third kappa shape index (κ3) is 3.86. The van der Waals surface area contributed by atoms with Gasteiger partial charge in [-0.2, -0.15) is 0 Å². The molecule has 1 fully saturated rings. The molecule has 2 heterocycles. The number of aromatic carboxylic acids is 1. The Hall–Kier alpha value is -2.89. The largest absolute Gasteiger partial charge is 0.478 e. The molecule has 0 spiro atoms. The monoisotopic (exact) mass is 382 g/mol. The predicted molar refractivity (Wildman–Crippen MR) is 107 cm³/mol. The van der Waals surface area contributed by atoms with E-state index in [1.165, 1.54) is 0 Å². The number of carbonyl (C=O) groups excluding carboxylic acids is 1. The minimum atomic E-state index is -0.935. The zero-order chi connectivity index (χ0) is 20.4. The standard InChI is InChI=1S/C22H26N2O4/c1-4-24-15(3)11-14(2)19(21(24)26)20(25)23-10-9-17(13-23)12-16-5-7-18(8-6-16)22(27)28/h5-8,11,17H,4,9-10,12-13H2,1-3H3,(H,27,28). The van der Waals surface area contributed by atoms with Crippen molar-refractivity contribution in [2.24, 2.45) is 5.92 Å². The number of aryl methyl sites for hydroxylation is 2. The Bertz CT molecular complexity index is 960. The first-order valence-corrected chi connectivity index (χ1v) is 9.64. The van der Waals surface area contributed by atoms with Crippen molar-refractivity contribution in [2.45, 2.75) is 40.2 Å². The molecule has 6 nitrogen and oxygen atoms in total. The molecule has 0 radical (unpaired) electrons. The van der Waals surface area contributed by atoms with Crippen LogP contribution in [-0.4, -0.2) is 39.5 Å². The lowest BCUT2D eigenvalue weighted by Gasteiger charge is -2.19. The summed E-state index contributed by atoms with van der Waals surface area (Å²) < 4.78 is 1.64. The maximum absolute atomic E-state index is 13.0. The van der Waals surface area contributed by atoms with Gasteiger partial charge in [0.2, 0.25) is 0 Å². The molecule has 1 unspecified atom stereocenters. The first-order chi connectivity index (χ1) is 13.3. The highest BCUT2D eigenvalue weighted by Crippen LogP contribution is 2.23. The second-order valence-electron chi connectivity index (χ2n) is 7.51. The quantitative estimate of drug-likeness (QED) is 0.862. The lowest BCUT2D eigenvalue weighted by molar-refractivity contribution is 0.0696. The van der Waals surface area contributed by atoms with Crippen LogP contribution in [0.1, 0.15) is 50.9 Å². The van der Waals surface area contributed by atoms with Gasteiger partial charge in [0.25, 0.3) is 11.5 Å². The summed E-state index contributed by atoms with van der Waals surface area (Å²) in [5.41, 5.74) is 2.99. The number of pyridine rings is 1. The van der Waals surface area contributed by atoms with Crippen molar-refractivity contribution in [1.82, 2.24) is 9.47 Å². The highest BCUT2D eigenvalue weighted by atomic mass is 16.4. The summed E-state index contributed by atoms with van der Waals surface area (Å²) in [7, 11) is 0. The number of likely N-dealkylation sites (tertiary alicyclic amines) is 1. The van der Waals surface area contributed by atoms with Crippen molar-refractivity contribution < 1.29 is 14.7 Å². The van der Waals surface area contributed by atoms with Crippen LogP contribution < -0.4 is 5.56 Å². The third-order valence-electron chi connectivity index (χ3n) is 5.53. The fourth-order valence-electron chi connectivity index (χ4n) is 4.04. The molecule has 0 aliphatic carbocycles. The van der Waals surface area contributed by atoms with Crippen LogP contribution in [0.25, 0.3) is 0 Å². The van der Waals surface area contributed by atoms with Crippen LogP contribution in [0.5, 0.6) is 0 Å². The van der Waals surface area contributed by atoms with Crippen LogP contribution >= 0.6 is 0 Å². The van der Waals surface area contributed by atoms with Crippen molar-refractivity contribution in [2.75, 3.05) is 13.1 Å². The molecule has 6 heteroatoms. The Balaban J connectivity index is 1.73. The molecule has 1 saturated heterocycles. The van der Waals surface area contributed by atoms with Gasteiger partial charge in [0, 0.05) is 25.3 Å². The van der Waals surface area contributed by atoms with E-state index in [0.717, 1.165) is 29.7 Å². The molecule has 1 aliphatic heterocycles. The first-order valence-electron chi connectivity index (χ1n) is 9.64. The van der Waals surface area contributed by atoms with Crippen LogP contribution in [0.2, 0.25) is 0 Å². The normalized spacial score (nSPS) is 16.4. The lowest BCUT2D eigenvalue weighted by atomic mass is 9.98. The van der Waals surface area contributed by atoms with Gasteiger partial charge in [-0.1, -0.05) is 12.1 Å². The van der Waals surface area contributed by atoms with E-state index in [2.05, 4.69) is 0 Å². The number of carbonyl (C=O) groups is 2. The molecule has 1 atom stereocenters. The number of amides is 1. The number of nitrogens with zero attached hydrogens (tertiary/aromatic N) is 2. The molecule has 148 valence electrons. The Kier molecular flexibility index (Phi) is 5.68. The molecule has 1 N–H and O–H groups in total. The molecule has 1 amide bonds. The van der Waals surface area contributed by atoms with Gasteiger partial charge in [0.05, 0.1) is 5.56 Å². The summed E-state index contributed by atoms with van der Waals surface area (Å²) >= 11 is 0. The maximum Gasteiger partial charge on any atom is 0.335 e. The molecule has 1 aromatic carbocycles. The fourth-order valence-corrected chi connectivity index (χ4v) is 4.04. The van der Waals surface area contributed by atoms with Gasteiger partial charge < -0.3 is 14.6 Å². The number of hydrogen-bond acceptors (Lipinski definition) is 3. The van der Waals surface area contributed by atoms with Gasteiger partial charge in [-0.25, -0.2) is 4.79 Å². The summed E-state index contributed by atoms with van der Waals surface area (Å²) in [4.78, 5) is 38.5. The van der Waals surface area contributed by atoms with Gasteiger partial charge in [-0.05, 0) is 68.9 Å². The van der Waals surface area contributed by atoms with E-state index in [4.69, 9.17) is 5.11 Å². The summed E-state index contributed by atoms with van der Waals surface area (Å²) in [5.74, 6) is -0.817. The summed E-state index contributed by atoms with van der Waals surface area (Å²) in [6.45, 7) is 7.39. The van der Waals surface area contributed by atoms with Gasteiger partial charge in [0.1, 0.15) is 5.56 Å². The minimum absolute atomic E-state index is 0.187. The summed E-state index contributed by atoms with van der Waals surface area (Å²) in [6.07, 6.45) is 1.66. The molecular weight excluding hydrogens is 356 g/mol. The second kappa shape index (κ2) is 8.00. The molecule has 1 aromatic heterocycles. The van der Waals surface area contributed by atoms with Gasteiger partial charge in [0.15, 0.2) is 0 Å². The van der Waals surface area contributed by atoms with E-state index in [9.17, 15) is 14.4 Å². The van der Waals surface area contributed by atoms with E-state index in [1.54, 1.807) is 21.6 Å². The van der Waals surface area contributed by atoms with Crippen molar-refractivity contribution in [1.29, 1.82) is 0 Å². The van der Waals surface area contributed by atoms with Gasteiger partial charge in [-0.3, -0.25) is 9.59 Å². The van der Waals surface area contributed by atoms with E-state index >= 15 is 0 Å². The molecule has 3 rings (SSSR count). The topological polar surface area (TPSA) is 79.6 Å². The number of carboxylic acid groups (broad SMARTS) is 1. The van der Waals surface area contributed by atoms with Crippen molar-refractivity contribution >= 4 is 11.9 Å². The molecule has 1 aliphatic rings. The summed E-state index contributed by atoms with van der Waals surface area (Å²) in [6, 6.07) is 8.78. The van der Waals surface area contributed by atoms with E-state index in [1.807, 2.05) is 39.0 Å². The lowest BCUT2D eigenvalue weighted by Crippen LogP contribution is -2.37. The molecule has 0 bridgehead atoms. The smallest absolute Gasteiger partial charge is 0.335 e. The van der Waals surface area contributed by atoms with E-state index in [-0.39, 0.29) is 22.6 Å². The number of aromatic nitrogens is 1. The average molecular weight is 382 g/mol. The average Bonchev–Trinajstić information content (AvgIpc) is 3.10. The second-order valence-corrected chi connectivity index (χ2v) is 7.51. The van der Waals surface area contributed by atoms with Crippen LogP contribution in [0.15, 0.2) is 35.1 Å². The molecular formula is C22H26N2O4. The minimum Gasteiger partial charge on any atom is -0.478 e. The molecule has 0 saturated carbocycles. The summed E-state index contributed by atoms with van der Waals surface area (Å²) in [5, 5.41) is 8.99. The van der Waals surface area contributed by atoms with Crippen LogP contribution in [0, 0.1) is 19.8 Å². The van der Waals surface area contributed by atoms with Gasteiger partial charge in [-0.15, -0.1) is 0 Å². The Morgan fingerprint density at radius 1 is 1.18 bits per heavy atom. The first kappa shape index (κ1) is 19.9. The number of rotatable bonds is 5. The van der Waals surface area contributed by atoms with Crippen LogP contribution in [-0.2, 0) is 13.0 Å². The number of carboxylic acids is 1. The van der Waals surface area contributed by atoms with Crippen molar-refractivity contribution in [3.05, 3.63) is 68.6 Å². The fraction of sp³-hybridized carbons (Fsp3) is 0.409. The Morgan fingerprint density at radius 2 is 1.86 bits per heavy atom. The van der Waals surface area contributed by atoms with E-state index in [0.29, 0.717) is 25.6 Å². The van der Waals surface area contributed by atoms with Crippen molar-refractivity contribution in [3.63, 3.8) is 0 Å². The Labute approximate surface area is 164 Å². The third-order valence-corrected chi connectivity index (χ3v) is 5.53. The van der Waals surface area contributed by atoms with Gasteiger partial charge >= 0.3 is 5.97 Å². The number of hydrogen-bond donors (Lipinski definition) is 1. The van der Waals surface area contributed by atoms with E-state index < -0.39 is 5.97 Å². The molecule has 2 aromatic rings. The predicted octanol–water partition coefficient (Wildman–Crippen LogP) is 2.89. The zero-order valence-corrected chi connectivity index (χ0v) is 16.6. The zero-order valence-electron chi connectivity index (χ0n) is 16.6. The highest BCUT2D eigenvalue weighted by Gasteiger charge is 2.29. The van der Waals surface area contributed by atoms with Crippen LogP contribution in [0.4, 0.5) is 0 Å². The highest BCUT2D eigenvalue weighted by molar-refractivity contribution is 5.95. The maximum atomic E-state index is 13.0. The Morgan fingerprint density at radius 3 is 2.46 bits per heavy atom. The molecule has 28 heavy (non-hydrogen) atoms. The van der Waals surface area contributed by atoms with Crippen LogP contribution in [0.3, 0.4) is 0 Å². The SMILES string of the molecule is CCn1c(C)cc(C)c(C(=O)N2CCC(Cc3ccc(C(=O)O)cc3)C2)c1=O. The number of benzene rings is 1.